The maximum absolute atomic E-state index is 13.2. The molecule has 0 aromatic heterocycles. The molecular weight excluding hydrogens is 351 g/mol. The van der Waals surface area contributed by atoms with Crippen molar-refractivity contribution in [3.05, 3.63) is 100 Å². The lowest BCUT2D eigenvalue weighted by Gasteiger charge is -2.27. The lowest BCUT2D eigenvalue weighted by molar-refractivity contribution is 0.0729. The summed E-state index contributed by atoms with van der Waals surface area (Å²) >= 11 is 6.29. The Bertz CT molecular complexity index is 958. The summed E-state index contributed by atoms with van der Waals surface area (Å²) in [7, 11) is 0. The van der Waals surface area contributed by atoms with Crippen molar-refractivity contribution in [3.8, 4) is 0 Å². The standard InChI is InChI=1S/C21H16ClFN2O/c22-19-8-4-1-5-14(19)13-25-20(24-16-11-9-15(23)10-12-16)17-6-2-3-7-18(17)21(25)26/h1-12,20,24H,13H2/t20-/m1/s1. The van der Waals surface area contributed by atoms with E-state index in [1.54, 1.807) is 17.0 Å². The molecule has 1 amide bonds. The molecule has 0 radical (unpaired) electrons. The average Bonchev–Trinajstić information content (AvgIpc) is 2.91. The first-order chi connectivity index (χ1) is 12.6. The Morgan fingerprint density at radius 2 is 1.65 bits per heavy atom. The van der Waals surface area contributed by atoms with Crippen LogP contribution in [0.4, 0.5) is 10.1 Å². The summed E-state index contributed by atoms with van der Waals surface area (Å²) < 4.78 is 13.2. The zero-order valence-electron chi connectivity index (χ0n) is 13.8. The van der Waals surface area contributed by atoms with E-state index in [2.05, 4.69) is 5.32 Å². The molecule has 5 heteroatoms. The number of hydrogen-bond acceptors (Lipinski definition) is 2. The number of carbonyl (C=O) groups excluding carboxylic acids is 1. The van der Waals surface area contributed by atoms with Crippen LogP contribution in [0.15, 0.2) is 72.8 Å². The molecule has 1 atom stereocenters. The smallest absolute Gasteiger partial charge is 0.256 e. The van der Waals surface area contributed by atoms with Gasteiger partial charge in [0.2, 0.25) is 0 Å². The number of nitrogens with one attached hydrogen (secondary N) is 1. The molecule has 4 rings (SSSR count). The van der Waals surface area contributed by atoms with Gasteiger partial charge in [-0.05, 0) is 42.0 Å². The minimum absolute atomic E-state index is 0.0554. The number of hydrogen-bond donors (Lipinski definition) is 1. The predicted octanol–water partition coefficient (Wildman–Crippen LogP) is 5.25. The van der Waals surface area contributed by atoms with Gasteiger partial charge in [-0.3, -0.25) is 4.79 Å². The quantitative estimate of drug-likeness (QED) is 0.684. The number of halogens is 2. The van der Waals surface area contributed by atoms with Gasteiger partial charge in [0.1, 0.15) is 12.0 Å². The summed E-state index contributed by atoms with van der Waals surface area (Å²) in [5, 5.41) is 3.96. The first-order valence-corrected chi connectivity index (χ1v) is 8.67. The molecule has 0 saturated carbocycles. The topological polar surface area (TPSA) is 32.3 Å². The van der Waals surface area contributed by atoms with Crippen LogP contribution in [-0.2, 0) is 6.54 Å². The molecule has 130 valence electrons. The fourth-order valence-electron chi connectivity index (χ4n) is 3.20. The van der Waals surface area contributed by atoms with Gasteiger partial charge in [0, 0.05) is 28.4 Å². The van der Waals surface area contributed by atoms with Crippen LogP contribution in [0.5, 0.6) is 0 Å². The Balaban J connectivity index is 1.70. The van der Waals surface area contributed by atoms with Gasteiger partial charge in [0.05, 0.1) is 0 Å². The van der Waals surface area contributed by atoms with Crippen molar-refractivity contribution in [2.45, 2.75) is 12.7 Å². The number of benzene rings is 3. The Kier molecular flexibility index (Phi) is 4.35. The van der Waals surface area contributed by atoms with E-state index < -0.39 is 0 Å². The van der Waals surface area contributed by atoms with Crippen molar-refractivity contribution < 1.29 is 9.18 Å². The summed E-state index contributed by atoms with van der Waals surface area (Å²) in [4.78, 5) is 14.7. The van der Waals surface area contributed by atoms with Crippen LogP contribution in [-0.4, -0.2) is 10.8 Å². The molecule has 0 bridgehead atoms. The van der Waals surface area contributed by atoms with Crippen molar-refractivity contribution in [3.63, 3.8) is 0 Å². The van der Waals surface area contributed by atoms with Crippen molar-refractivity contribution in [2.24, 2.45) is 0 Å². The summed E-state index contributed by atoms with van der Waals surface area (Å²) in [5.41, 5.74) is 3.18. The fraction of sp³-hybridized carbons (Fsp3) is 0.0952. The second kappa shape index (κ2) is 6.81. The largest absolute Gasteiger partial charge is 0.361 e. The molecule has 1 N–H and O–H groups in total. The Morgan fingerprint density at radius 1 is 0.962 bits per heavy atom. The van der Waals surface area contributed by atoms with Gasteiger partial charge in [0.15, 0.2) is 0 Å². The second-order valence-electron chi connectivity index (χ2n) is 6.17. The summed E-state index contributed by atoms with van der Waals surface area (Å²) in [5.74, 6) is -0.355. The van der Waals surface area contributed by atoms with Gasteiger partial charge in [-0.15, -0.1) is 0 Å². The van der Waals surface area contributed by atoms with E-state index in [-0.39, 0.29) is 17.9 Å². The normalized spacial score (nSPS) is 15.8. The predicted molar refractivity (Wildman–Crippen MR) is 101 cm³/mol. The SMILES string of the molecule is O=C1c2ccccc2[C@H](Nc2ccc(F)cc2)N1Cc1ccccc1Cl. The number of rotatable bonds is 4. The maximum Gasteiger partial charge on any atom is 0.256 e. The molecule has 3 aromatic rings. The van der Waals surface area contributed by atoms with Crippen LogP contribution >= 0.6 is 11.6 Å². The molecule has 1 aliphatic heterocycles. The molecule has 0 unspecified atom stereocenters. The first kappa shape index (κ1) is 16.6. The molecule has 1 aliphatic rings. The first-order valence-electron chi connectivity index (χ1n) is 8.29. The molecule has 3 aromatic carbocycles. The van der Waals surface area contributed by atoms with Gasteiger partial charge < -0.3 is 10.2 Å². The van der Waals surface area contributed by atoms with Crippen LogP contribution in [0.2, 0.25) is 5.02 Å². The third-order valence-electron chi connectivity index (χ3n) is 4.50. The Morgan fingerprint density at radius 3 is 2.42 bits per heavy atom. The van der Waals surface area contributed by atoms with Crippen LogP contribution < -0.4 is 5.32 Å². The molecule has 0 saturated heterocycles. The maximum atomic E-state index is 13.2. The zero-order chi connectivity index (χ0) is 18.1. The van der Waals surface area contributed by atoms with Crippen molar-refractivity contribution in [2.75, 3.05) is 5.32 Å². The minimum Gasteiger partial charge on any atom is -0.361 e. The Hall–Kier alpha value is -2.85. The lowest BCUT2D eigenvalue weighted by Crippen LogP contribution is -2.32. The minimum atomic E-state index is -0.347. The molecular formula is C21H16ClFN2O. The van der Waals surface area contributed by atoms with Crippen LogP contribution in [0, 0.1) is 5.82 Å². The molecule has 0 spiro atoms. The molecule has 0 aliphatic carbocycles. The number of nitrogens with zero attached hydrogens (tertiary/aromatic N) is 1. The van der Waals surface area contributed by atoms with E-state index in [0.29, 0.717) is 17.1 Å². The van der Waals surface area contributed by atoms with E-state index in [1.807, 2.05) is 48.5 Å². The van der Waals surface area contributed by atoms with Gasteiger partial charge in [0.25, 0.3) is 5.91 Å². The van der Waals surface area contributed by atoms with Crippen molar-refractivity contribution >= 4 is 23.2 Å². The van der Waals surface area contributed by atoms with Crippen molar-refractivity contribution in [1.29, 1.82) is 0 Å². The van der Waals surface area contributed by atoms with Gasteiger partial charge in [-0.2, -0.15) is 0 Å². The van der Waals surface area contributed by atoms with Crippen molar-refractivity contribution in [1.82, 2.24) is 4.90 Å². The molecule has 3 nitrogen and oxygen atoms in total. The van der Waals surface area contributed by atoms with Gasteiger partial charge >= 0.3 is 0 Å². The van der Waals surface area contributed by atoms with E-state index in [4.69, 9.17) is 11.6 Å². The van der Waals surface area contributed by atoms with E-state index in [0.717, 1.165) is 16.8 Å². The molecule has 1 heterocycles. The highest BCUT2D eigenvalue weighted by molar-refractivity contribution is 6.31. The van der Waals surface area contributed by atoms with Gasteiger partial charge in [-0.25, -0.2) is 4.39 Å². The Labute approximate surface area is 156 Å². The number of anilines is 1. The van der Waals surface area contributed by atoms with Crippen LogP contribution in [0.1, 0.15) is 27.7 Å². The zero-order valence-corrected chi connectivity index (χ0v) is 14.6. The average molecular weight is 367 g/mol. The fourth-order valence-corrected chi connectivity index (χ4v) is 3.40. The monoisotopic (exact) mass is 366 g/mol. The highest BCUT2D eigenvalue weighted by Crippen LogP contribution is 2.36. The lowest BCUT2D eigenvalue weighted by atomic mass is 10.1. The third-order valence-corrected chi connectivity index (χ3v) is 4.87. The van der Waals surface area contributed by atoms with E-state index >= 15 is 0 Å². The highest BCUT2D eigenvalue weighted by atomic mass is 35.5. The highest BCUT2D eigenvalue weighted by Gasteiger charge is 2.36. The van der Waals surface area contributed by atoms with E-state index in [9.17, 15) is 9.18 Å². The number of fused-ring (bicyclic) bond motifs is 1. The molecule has 26 heavy (non-hydrogen) atoms. The number of amides is 1. The summed E-state index contributed by atoms with van der Waals surface area (Å²) in [6, 6.07) is 21.1. The summed E-state index contributed by atoms with van der Waals surface area (Å²) in [6.07, 6.45) is -0.347. The van der Waals surface area contributed by atoms with Gasteiger partial charge in [-0.1, -0.05) is 48.0 Å². The third kappa shape index (κ3) is 3.04. The second-order valence-corrected chi connectivity index (χ2v) is 6.57. The summed E-state index contributed by atoms with van der Waals surface area (Å²) in [6.45, 7) is 0.381. The molecule has 0 fully saturated rings. The van der Waals surface area contributed by atoms with E-state index in [1.165, 1.54) is 12.1 Å². The van der Waals surface area contributed by atoms with Crippen LogP contribution in [0.25, 0.3) is 0 Å². The van der Waals surface area contributed by atoms with Crippen LogP contribution in [0.3, 0.4) is 0 Å². The number of carbonyl (C=O) groups is 1.